The molecule has 0 N–H and O–H groups in total. The van der Waals surface area contributed by atoms with Gasteiger partial charge in [0.05, 0.1) is 5.71 Å². The molecule has 1 heterocycles. The Balaban J connectivity index is 2.10. The third-order valence-corrected chi connectivity index (χ3v) is 3.49. The van der Waals surface area contributed by atoms with Gasteiger partial charge in [0.2, 0.25) is 5.91 Å². The highest BCUT2D eigenvalue weighted by molar-refractivity contribution is 5.80. The lowest BCUT2D eigenvalue weighted by atomic mass is 9.99. The molecule has 0 aromatic heterocycles. The second kappa shape index (κ2) is 8.11. The Morgan fingerprint density at radius 1 is 1.39 bits per heavy atom. The van der Waals surface area contributed by atoms with Gasteiger partial charge in [0.15, 0.2) is 0 Å². The number of carbonyl (C=O) groups excluding carboxylic acids is 1. The standard InChI is InChI=1S/C14H26N2O2/c1-4-13(3)15-18-11-5-6-14(17)16-9-7-12(2)8-10-16/h12H,4-11H2,1-3H3/b15-13-. The summed E-state index contributed by atoms with van der Waals surface area (Å²) in [6.45, 7) is 8.63. The molecule has 0 aromatic carbocycles. The first-order valence-corrected chi connectivity index (χ1v) is 7.06. The van der Waals surface area contributed by atoms with Gasteiger partial charge in [-0.3, -0.25) is 4.79 Å². The Hall–Kier alpha value is -1.06. The molecule has 1 aliphatic heterocycles. The van der Waals surface area contributed by atoms with Gasteiger partial charge >= 0.3 is 0 Å². The van der Waals surface area contributed by atoms with Crippen LogP contribution in [0, 0.1) is 5.92 Å². The first-order valence-electron chi connectivity index (χ1n) is 7.06. The summed E-state index contributed by atoms with van der Waals surface area (Å²) in [5.41, 5.74) is 0.992. The van der Waals surface area contributed by atoms with Crippen LogP contribution < -0.4 is 0 Å². The van der Waals surface area contributed by atoms with Crippen molar-refractivity contribution in [3.05, 3.63) is 0 Å². The summed E-state index contributed by atoms with van der Waals surface area (Å²) in [5.74, 6) is 1.03. The molecule has 0 saturated carbocycles. The van der Waals surface area contributed by atoms with Gasteiger partial charge in [-0.15, -0.1) is 0 Å². The second-order valence-corrected chi connectivity index (χ2v) is 5.18. The van der Waals surface area contributed by atoms with Gasteiger partial charge in [0, 0.05) is 19.5 Å². The quantitative estimate of drug-likeness (QED) is 0.415. The average molecular weight is 254 g/mol. The first-order chi connectivity index (χ1) is 8.63. The molecule has 1 amide bonds. The molecule has 1 fully saturated rings. The van der Waals surface area contributed by atoms with E-state index in [2.05, 4.69) is 12.1 Å². The maximum absolute atomic E-state index is 11.9. The lowest BCUT2D eigenvalue weighted by molar-refractivity contribution is -0.132. The number of amides is 1. The molecule has 104 valence electrons. The van der Waals surface area contributed by atoms with Crippen molar-refractivity contribution in [3.63, 3.8) is 0 Å². The summed E-state index contributed by atoms with van der Waals surface area (Å²) >= 11 is 0. The van der Waals surface area contributed by atoms with Crippen LogP contribution in [0.15, 0.2) is 5.16 Å². The largest absolute Gasteiger partial charge is 0.396 e. The molecule has 4 heteroatoms. The van der Waals surface area contributed by atoms with E-state index < -0.39 is 0 Å². The van der Waals surface area contributed by atoms with E-state index in [1.54, 1.807) is 0 Å². The third kappa shape index (κ3) is 5.52. The molecule has 0 bridgehead atoms. The molecule has 1 rings (SSSR count). The summed E-state index contributed by atoms with van der Waals surface area (Å²) in [5, 5.41) is 3.95. The number of piperidine rings is 1. The minimum Gasteiger partial charge on any atom is -0.396 e. The molecule has 0 atom stereocenters. The number of carbonyl (C=O) groups is 1. The lowest BCUT2D eigenvalue weighted by Gasteiger charge is -2.30. The Morgan fingerprint density at radius 2 is 2.06 bits per heavy atom. The maximum atomic E-state index is 11.9. The van der Waals surface area contributed by atoms with Gasteiger partial charge < -0.3 is 9.74 Å². The normalized spacial score (nSPS) is 17.9. The van der Waals surface area contributed by atoms with Crippen LogP contribution >= 0.6 is 0 Å². The van der Waals surface area contributed by atoms with Crippen molar-refractivity contribution < 1.29 is 9.63 Å². The van der Waals surface area contributed by atoms with Gasteiger partial charge in [-0.2, -0.15) is 0 Å². The van der Waals surface area contributed by atoms with Gasteiger partial charge in [0.25, 0.3) is 0 Å². The number of hydrogen-bond acceptors (Lipinski definition) is 3. The van der Waals surface area contributed by atoms with E-state index in [4.69, 9.17) is 4.84 Å². The molecule has 1 aliphatic rings. The number of nitrogens with zero attached hydrogens (tertiary/aromatic N) is 2. The van der Waals surface area contributed by atoms with E-state index >= 15 is 0 Å². The zero-order valence-corrected chi connectivity index (χ0v) is 11.9. The van der Waals surface area contributed by atoms with Crippen LogP contribution in [-0.4, -0.2) is 36.2 Å². The lowest BCUT2D eigenvalue weighted by Crippen LogP contribution is -2.37. The Kier molecular flexibility index (Phi) is 6.76. The van der Waals surface area contributed by atoms with Crippen LogP contribution in [0.3, 0.4) is 0 Å². The molecule has 0 radical (unpaired) electrons. The van der Waals surface area contributed by atoms with Gasteiger partial charge in [-0.25, -0.2) is 0 Å². The van der Waals surface area contributed by atoms with E-state index in [0.29, 0.717) is 13.0 Å². The highest BCUT2D eigenvalue weighted by atomic mass is 16.6. The van der Waals surface area contributed by atoms with E-state index in [0.717, 1.165) is 50.4 Å². The molecule has 0 spiro atoms. The zero-order valence-electron chi connectivity index (χ0n) is 11.9. The first kappa shape index (κ1) is 15.0. The predicted molar refractivity (Wildman–Crippen MR) is 73.6 cm³/mol. The molecule has 18 heavy (non-hydrogen) atoms. The van der Waals surface area contributed by atoms with Crippen molar-refractivity contribution in [2.24, 2.45) is 11.1 Å². The van der Waals surface area contributed by atoms with E-state index in [9.17, 15) is 4.79 Å². The fourth-order valence-corrected chi connectivity index (χ4v) is 1.92. The summed E-state index contributed by atoms with van der Waals surface area (Å²) in [4.78, 5) is 19.0. The summed E-state index contributed by atoms with van der Waals surface area (Å²) in [6.07, 6.45) is 4.52. The molecule has 0 aliphatic carbocycles. The molecule has 1 saturated heterocycles. The minimum absolute atomic E-state index is 0.265. The molecule has 0 aromatic rings. The van der Waals surface area contributed by atoms with Crippen LogP contribution in [0.25, 0.3) is 0 Å². The summed E-state index contributed by atoms with van der Waals surface area (Å²) in [7, 11) is 0. The zero-order chi connectivity index (χ0) is 13.4. The van der Waals surface area contributed by atoms with Gasteiger partial charge in [-0.05, 0) is 38.5 Å². The van der Waals surface area contributed by atoms with Gasteiger partial charge in [-0.1, -0.05) is 19.0 Å². The Bertz CT molecular complexity index is 282. The maximum Gasteiger partial charge on any atom is 0.222 e. The smallest absolute Gasteiger partial charge is 0.222 e. The van der Waals surface area contributed by atoms with E-state index in [-0.39, 0.29) is 5.91 Å². The van der Waals surface area contributed by atoms with E-state index in [1.807, 2.05) is 18.7 Å². The van der Waals surface area contributed by atoms with Crippen LogP contribution in [0.4, 0.5) is 0 Å². The van der Waals surface area contributed by atoms with Crippen molar-refractivity contribution >= 4 is 11.6 Å². The molecular formula is C14H26N2O2. The van der Waals surface area contributed by atoms with Gasteiger partial charge in [0.1, 0.15) is 6.61 Å². The van der Waals surface area contributed by atoms with Crippen LogP contribution in [0.2, 0.25) is 0 Å². The van der Waals surface area contributed by atoms with E-state index in [1.165, 1.54) is 0 Å². The van der Waals surface area contributed by atoms with Crippen LogP contribution in [0.1, 0.15) is 52.9 Å². The highest BCUT2D eigenvalue weighted by Crippen LogP contribution is 2.16. The Morgan fingerprint density at radius 3 is 2.67 bits per heavy atom. The average Bonchev–Trinajstić information content (AvgIpc) is 2.38. The molecular weight excluding hydrogens is 228 g/mol. The van der Waals surface area contributed by atoms with Crippen molar-refractivity contribution in [1.29, 1.82) is 0 Å². The van der Waals surface area contributed by atoms with Crippen molar-refractivity contribution in [1.82, 2.24) is 4.90 Å². The minimum atomic E-state index is 0.265. The SMILES string of the molecule is CC/C(C)=N\OCCCC(=O)N1CCC(C)CC1. The number of oxime groups is 1. The molecule has 4 nitrogen and oxygen atoms in total. The third-order valence-electron chi connectivity index (χ3n) is 3.49. The van der Waals surface area contributed by atoms with Crippen LogP contribution in [-0.2, 0) is 9.63 Å². The van der Waals surface area contributed by atoms with Crippen LogP contribution in [0.5, 0.6) is 0 Å². The number of likely N-dealkylation sites (tertiary alicyclic amines) is 1. The Labute approximate surface area is 110 Å². The fraction of sp³-hybridized carbons (Fsp3) is 0.857. The van der Waals surface area contributed by atoms with Crippen molar-refractivity contribution in [2.75, 3.05) is 19.7 Å². The van der Waals surface area contributed by atoms with Crippen molar-refractivity contribution in [2.45, 2.75) is 52.9 Å². The monoisotopic (exact) mass is 254 g/mol. The predicted octanol–water partition coefficient (Wildman–Crippen LogP) is 2.83. The topological polar surface area (TPSA) is 41.9 Å². The fourth-order valence-electron chi connectivity index (χ4n) is 1.92. The summed E-state index contributed by atoms with van der Waals surface area (Å²) < 4.78 is 0. The second-order valence-electron chi connectivity index (χ2n) is 5.18. The number of rotatable bonds is 6. The molecule has 0 unspecified atom stereocenters. The number of hydrogen-bond donors (Lipinski definition) is 0. The van der Waals surface area contributed by atoms with Crippen molar-refractivity contribution in [3.8, 4) is 0 Å². The summed E-state index contributed by atoms with van der Waals surface area (Å²) in [6, 6.07) is 0. The highest BCUT2D eigenvalue weighted by Gasteiger charge is 2.19.